The molecule has 0 spiro atoms. The lowest BCUT2D eigenvalue weighted by molar-refractivity contribution is 0.574. The van der Waals surface area contributed by atoms with Gasteiger partial charge < -0.3 is 5.32 Å². The Bertz CT molecular complexity index is 715. The lowest BCUT2D eigenvalue weighted by atomic mass is 10.1. The second kappa shape index (κ2) is 6.58. The summed E-state index contributed by atoms with van der Waals surface area (Å²) in [5.41, 5.74) is 2.08. The first-order chi connectivity index (χ1) is 9.86. The van der Waals surface area contributed by atoms with Crippen molar-refractivity contribution in [1.29, 1.82) is 0 Å². The number of nitrogens with one attached hydrogen (secondary N) is 1. The van der Waals surface area contributed by atoms with Gasteiger partial charge in [-0.3, -0.25) is 0 Å². The Kier molecular flexibility index (Phi) is 5.00. The number of nitrogens with two attached hydrogens (primary N) is 1. The van der Waals surface area contributed by atoms with E-state index in [-0.39, 0.29) is 10.9 Å². The first-order valence-corrected chi connectivity index (χ1v) is 8.39. The molecule has 112 valence electrons. The molecule has 3 N–H and O–H groups in total. The zero-order valence-corrected chi connectivity index (χ0v) is 13.2. The third-order valence-corrected chi connectivity index (χ3v) is 4.37. The second-order valence-corrected chi connectivity index (χ2v) is 6.84. The van der Waals surface area contributed by atoms with Gasteiger partial charge >= 0.3 is 0 Å². The minimum absolute atomic E-state index is 0.0820. The lowest BCUT2D eigenvalue weighted by Crippen LogP contribution is -2.18. The van der Waals surface area contributed by atoms with Crippen LogP contribution in [0.4, 0.5) is 0 Å². The van der Waals surface area contributed by atoms with Crippen molar-refractivity contribution >= 4 is 21.6 Å². The van der Waals surface area contributed by atoms with Crippen LogP contribution in [0.5, 0.6) is 0 Å². The van der Waals surface area contributed by atoms with Crippen LogP contribution in [0.3, 0.4) is 0 Å². The van der Waals surface area contributed by atoms with E-state index in [2.05, 4.69) is 5.32 Å². The SMILES string of the molecule is CC(NCc1cccc(Cl)c1)c1ccc(S(N)(=O)=O)cc1. The van der Waals surface area contributed by atoms with Gasteiger partial charge in [0.05, 0.1) is 4.90 Å². The number of halogens is 1. The van der Waals surface area contributed by atoms with E-state index < -0.39 is 10.0 Å². The molecule has 2 rings (SSSR count). The van der Waals surface area contributed by atoms with Crippen molar-refractivity contribution in [2.75, 3.05) is 0 Å². The van der Waals surface area contributed by atoms with E-state index in [4.69, 9.17) is 16.7 Å². The van der Waals surface area contributed by atoms with E-state index in [9.17, 15) is 8.42 Å². The fraction of sp³-hybridized carbons (Fsp3) is 0.200. The minimum atomic E-state index is -3.64. The molecule has 4 nitrogen and oxygen atoms in total. The van der Waals surface area contributed by atoms with Crippen molar-refractivity contribution in [3.05, 3.63) is 64.7 Å². The highest BCUT2D eigenvalue weighted by Gasteiger charge is 2.09. The Morgan fingerprint density at radius 1 is 1.19 bits per heavy atom. The maximum Gasteiger partial charge on any atom is 0.238 e. The Hall–Kier alpha value is -1.40. The average Bonchev–Trinajstić information content (AvgIpc) is 2.44. The summed E-state index contributed by atoms with van der Waals surface area (Å²) in [4.78, 5) is 0.119. The summed E-state index contributed by atoms with van der Waals surface area (Å²) < 4.78 is 22.4. The van der Waals surface area contributed by atoms with Crippen LogP contribution in [0.15, 0.2) is 53.4 Å². The van der Waals surface area contributed by atoms with Crippen LogP contribution in [0.2, 0.25) is 5.02 Å². The summed E-state index contributed by atoms with van der Waals surface area (Å²) in [5, 5.41) is 9.14. The van der Waals surface area contributed by atoms with Crippen LogP contribution in [0.25, 0.3) is 0 Å². The summed E-state index contributed by atoms with van der Waals surface area (Å²) in [6, 6.07) is 14.3. The van der Waals surface area contributed by atoms with Gasteiger partial charge in [-0.15, -0.1) is 0 Å². The summed E-state index contributed by atoms with van der Waals surface area (Å²) in [5.74, 6) is 0. The molecule has 1 unspecified atom stereocenters. The molecule has 0 heterocycles. The predicted molar refractivity (Wildman–Crippen MR) is 84.5 cm³/mol. The van der Waals surface area contributed by atoms with Crippen molar-refractivity contribution in [3.63, 3.8) is 0 Å². The molecule has 0 aliphatic rings. The van der Waals surface area contributed by atoms with Gasteiger partial charge in [-0.05, 0) is 42.3 Å². The Morgan fingerprint density at radius 3 is 2.43 bits per heavy atom. The quantitative estimate of drug-likeness (QED) is 0.888. The first-order valence-electron chi connectivity index (χ1n) is 6.47. The summed E-state index contributed by atoms with van der Waals surface area (Å²) in [6.07, 6.45) is 0. The molecular formula is C15H17ClN2O2S. The summed E-state index contributed by atoms with van der Waals surface area (Å²) in [7, 11) is -3.64. The van der Waals surface area contributed by atoms with Gasteiger partial charge in [0.1, 0.15) is 0 Å². The summed E-state index contributed by atoms with van der Waals surface area (Å²) in [6.45, 7) is 2.69. The van der Waals surface area contributed by atoms with E-state index >= 15 is 0 Å². The van der Waals surface area contributed by atoms with Gasteiger partial charge in [0.15, 0.2) is 0 Å². The molecule has 0 aromatic heterocycles. The first kappa shape index (κ1) is 16.0. The number of primary sulfonamides is 1. The van der Waals surface area contributed by atoms with Crippen LogP contribution >= 0.6 is 11.6 Å². The fourth-order valence-electron chi connectivity index (χ4n) is 1.98. The standard InChI is InChI=1S/C15H17ClN2O2S/c1-11(18-10-12-3-2-4-14(16)9-12)13-5-7-15(8-6-13)21(17,19)20/h2-9,11,18H,10H2,1H3,(H2,17,19,20). The Morgan fingerprint density at radius 2 is 1.86 bits per heavy atom. The average molecular weight is 325 g/mol. The van der Waals surface area contributed by atoms with Gasteiger partial charge in [-0.1, -0.05) is 35.9 Å². The Balaban J connectivity index is 2.02. The molecule has 0 bridgehead atoms. The van der Waals surface area contributed by atoms with Crippen LogP contribution in [0, 0.1) is 0 Å². The van der Waals surface area contributed by atoms with Gasteiger partial charge in [0.2, 0.25) is 10.0 Å². The largest absolute Gasteiger partial charge is 0.306 e. The van der Waals surface area contributed by atoms with Crippen LogP contribution in [-0.4, -0.2) is 8.42 Å². The number of sulfonamides is 1. The minimum Gasteiger partial charge on any atom is -0.306 e. The smallest absolute Gasteiger partial charge is 0.238 e. The van der Waals surface area contributed by atoms with Gasteiger partial charge in [0, 0.05) is 17.6 Å². The Labute approximate surface area is 130 Å². The van der Waals surface area contributed by atoms with Gasteiger partial charge in [-0.2, -0.15) is 0 Å². The topological polar surface area (TPSA) is 72.2 Å². The highest BCUT2D eigenvalue weighted by Crippen LogP contribution is 2.17. The zero-order valence-electron chi connectivity index (χ0n) is 11.6. The molecule has 0 aliphatic heterocycles. The molecule has 0 radical (unpaired) electrons. The van der Waals surface area contributed by atoms with E-state index in [1.807, 2.05) is 31.2 Å². The zero-order chi connectivity index (χ0) is 15.5. The highest BCUT2D eigenvalue weighted by molar-refractivity contribution is 7.89. The summed E-state index contributed by atoms with van der Waals surface area (Å²) >= 11 is 5.94. The molecule has 1 atom stereocenters. The van der Waals surface area contributed by atoms with E-state index in [0.717, 1.165) is 11.1 Å². The molecule has 6 heteroatoms. The third kappa shape index (κ3) is 4.54. The van der Waals surface area contributed by atoms with Crippen molar-refractivity contribution < 1.29 is 8.42 Å². The van der Waals surface area contributed by atoms with Crippen molar-refractivity contribution in [2.45, 2.75) is 24.4 Å². The molecular weight excluding hydrogens is 308 g/mol. The number of rotatable bonds is 5. The van der Waals surface area contributed by atoms with Crippen LogP contribution in [0.1, 0.15) is 24.1 Å². The molecule has 0 saturated carbocycles. The predicted octanol–water partition coefficient (Wildman–Crippen LogP) is 2.84. The molecule has 21 heavy (non-hydrogen) atoms. The molecule has 0 aliphatic carbocycles. The fourth-order valence-corrected chi connectivity index (χ4v) is 2.71. The van der Waals surface area contributed by atoms with Crippen molar-refractivity contribution in [3.8, 4) is 0 Å². The molecule has 2 aromatic carbocycles. The number of benzene rings is 2. The van der Waals surface area contributed by atoms with Crippen molar-refractivity contribution in [2.24, 2.45) is 5.14 Å². The van der Waals surface area contributed by atoms with E-state index in [1.165, 1.54) is 12.1 Å². The molecule has 2 aromatic rings. The normalized spacial score (nSPS) is 13.1. The highest BCUT2D eigenvalue weighted by atomic mass is 35.5. The van der Waals surface area contributed by atoms with Gasteiger partial charge in [0.25, 0.3) is 0 Å². The van der Waals surface area contributed by atoms with Crippen LogP contribution in [-0.2, 0) is 16.6 Å². The number of hydrogen-bond acceptors (Lipinski definition) is 3. The maximum absolute atomic E-state index is 11.2. The lowest BCUT2D eigenvalue weighted by Gasteiger charge is -2.15. The van der Waals surface area contributed by atoms with E-state index in [0.29, 0.717) is 11.6 Å². The van der Waals surface area contributed by atoms with Gasteiger partial charge in [-0.25, -0.2) is 13.6 Å². The third-order valence-electron chi connectivity index (χ3n) is 3.21. The van der Waals surface area contributed by atoms with Crippen molar-refractivity contribution in [1.82, 2.24) is 5.32 Å². The van der Waals surface area contributed by atoms with E-state index in [1.54, 1.807) is 12.1 Å². The molecule has 0 fully saturated rings. The second-order valence-electron chi connectivity index (χ2n) is 4.85. The molecule has 0 saturated heterocycles. The monoisotopic (exact) mass is 324 g/mol. The maximum atomic E-state index is 11.2. The number of hydrogen-bond donors (Lipinski definition) is 2. The van der Waals surface area contributed by atoms with Crippen LogP contribution < -0.4 is 10.5 Å². The molecule has 0 amide bonds.